The number of pyridine rings is 1. The van der Waals surface area contributed by atoms with Gasteiger partial charge in [-0.3, -0.25) is 0 Å². The van der Waals surface area contributed by atoms with E-state index in [1.54, 1.807) is 6.20 Å². The first-order valence-corrected chi connectivity index (χ1v) is 5.41. The lowest BCUT2D eigenvalue weighted by atomic mass is 10.1. The molecule has 1 aromatic heterocycles. The van der Waals surface area contributed by atoms with Crippen LogP contribution in [-0.2, 0) is 6.42 Å². The molecule has 0 saturated heterocycles. The Morgan fingerprint density at radius 2 is 2.42 bits per heavy atom. The molecule has 0 saturated carbocycles. The molecular formula is C9H14N2S. The lowest BCUT2D eigenvalue weighted by Crippen LogP contribution is -1.93. The topological polar surface area (TPSA) is 38.9 Å². The van der Waals surface area contributed by atoms with Crippen LogP contribution in [0.15, 0.2) is 18.3 Å². The number of thioether (sulfide) groups is 1. The van der Waals surface area contributed by atoms with Crippen LogP contribution in [0.1, 0.15) is 12.0 Å². The van der Waals surface area contributed by atoms with Crippen molar-refractivity contribution in [1.82, 2.24) is 4.98 Å². The van der Waals surface area contributed by atoms with E-state index in [1.165, 1.54) is 17.7 Å². The second-order valence-corrected chi connectivity index (χ2v) is 3.67. The third-order valence-electron chi connectivity index (χ3n) is 1.66. The van der Waals surface area contributed by atoms with Gasteiger partial charge in [-0.1, -0.05) is 0 Å². The maximum Gasteiger partial charge on any atom is 0.123 e. The van der Waals surface area contributed by atoms with E-state index >= 15 is 0 Å². The van der Waals surface area contributed by atoms with Crippen molar-refractivity contribution in [1.29, 1.82) is 0 Å². The Labute approximate surface area is 77.6 Å². The molecule has 66 valence electrons. The zero-order valence-corrected chi connectivity index (χ0v) is 8.10. The molecule has 1 heterocycles. The molecular weight excluding hydrogens is 168 g/mol. The van der Waals surface area contributed by atoms with Crippen LogP contribution < -0.4 is 5.73 Å². The smallest absolute Gasteiger partial charge is 0.123 e. The third kappa shape index (κ3) is 3.13. The first-order chi connectivity index (χ1) is 5.83. The van der Waals surface area contributed by atoms with Gasteiger partial charge in [0.25, 0.3) is 0 Å². The van der Waals surface area contributed by atoms with Crippen molar-refractivity contribution >= 4 is 17.6 Å². The Kier molecular flexibility index (Phi) is 3.94. The number of rotatable bonds is 4. The molecule has 0 aliphatic carbocycles. The Bertz CT molecular complexity index is 238. The summed E-state index contributed by atoms with van der Waals surface area (Å²) in [5.41, 5.74) is 6.83. The fourth-order valence-electron chi connectivity index (χ4n) is 1.07. The van der Waals surface area contributed by atoms with Crippen LogP contribution in [0.4, 0.5) is 5.82 Å². The largest absolute Gasteiger partial charge is 0.384 e. The summed E-state index contributed by atoms with van der Waals surface area (Å²) in [4.78, 5) is 3.94. The van der Waals surface area contributed by atoms with E-state index in [0.29, 0.717) is 5.82 Å². The van der Waals surface area contributed by atoms with E-state index in [-0.39, 0.29) is 0 Å². The second kappa shape index (κ2) is 5.04. The van der Waals surface area contributed by atoms with Gasteiger partial charge in [-0.25, -0.2) is 4.98 Å². The highest BCUT2D eigenvalue weighted by molar-refractivity contribution is 7.98. The maximum absolute atomic E-state index is 5.55. The molecule has 0 fully saturated rings. The van der Waals surface area contributed by atoms with Crippen molar-refractivity contribution in [3.8, 4) is 0 Å². The van der Waals surface area contributed by atoms with Crippen LogP contribution in [0, 0.1) is 0 Å². The van der Waals surface area contributed by atoms with Crippen molar-refractivity contribution in [2.75, 3.05) is 17.7 Å². The third-order valence-corrected chi connectivity index (χ3v) is 2.36. The first kappa shape index (κ1) is 9.39. The predicted molar refractivity (Wildman–Crippen MR) is 55.4 cm³/mol. The molecule has 2 nitrogen and oxygen atoms in total. The molecule has 0 radical (unpaired) electrons. The highest BCUT2D eigenvalue weighted by Gasteiger charge is 1.93. The molecule has 1 rings (SSSR count). The molecule has 0 aromatic carbocycles. The lowest BCUT2D eigenvalue weighted by molar-refractivity contribution is 0.931. The summed E-state index contributed by atoms with van der Waals surface area (Å²) in [5.74, 6) is 1.83. The van der Waals surface area contributed by atoms with Gasteiger partial charge in [0.05, 0.1) is 0 Å². The number of nitrogens with zero attached hydrogens (tertiary/aromatic N) is 1. The van der Waals surface area contributed by atoms with Gasteiger partial charge >= 0.3 is 0 Å². The van der Waals surface area contributed by atoms with Crippen molar-refractivity contribution in [2.24, 2.45) is 0 Å². The molecule has 2 N–H and O–H groups in total. The number of aromatic nitrogens is 1. The predicted octanol–water partition coefficient (Wildman–Crippen LogP) is 1.96. The van der Waals surface area contributed by atoms with Gasteiger partial charge in [-0.2, -0.15) is 11.8 Å². The number of nitrogen functional groups attached to an aromatic ring is 1. The number of hydrogen-bond donors (Lipinski definition) is 1. The number of hydrogen-bond acceptors (Lipinski definition) is 3. The Balaban J connectivity index is 2.41. The van der Waals surface area contributed by atoms with Gasteiger partial charge in [0, 0.05) is 6.20 Å². The summed E-state index contributed by atoms with van der Waals surface area (Å²) in [6, 6.07) is 3.97. The van der Waals surface area contributed by atoms with Gasteiger partial charge in [0.1, 0.15) is 5.82 Å². The fourth-order valence-corrected chi connectivity index (χ4v) is 1.50. The van der Waals surface area contributed by atoms with Gasteiger partial charge in [-0.05, 0) is 42.5 Å². The van der Waals surface area contributed by atoms with Crippen LogP contribution in [-0.4, -0.2) is 17.0 Å². The monoisotopic (exact) mass is 182 g/mol. The van der Waals surface area contributed by atoms with Gasteiger partial charge in [0.2, 0.25) is 0 Å². The zero-order valence-electron chi connectivity index (χ0n) is 7.29. The normalized spacial score (nSPS) is 10.1. The maximum atomic E-state index is 5.55. The van der Waals surface area contributed by atoms with Crippen molar-refractivity contribution < 1.29 is 0 Å². The highest BCUT2D eigenvalue weighted by atomic mass is 32.2. The van der Waals surface area contributed by atoms with Crippen LogP contribution in [0.3, 0.4) is 0 Å². The standard InChI is InChI=1S/C9H14N2S/c1-12-6-2-3-8-4-5-11-9(10)7-8/h4-5,7H,2-3,6H2,1H3,(H2,10,11). The average Bonchev–Trinajstić information content (AvgIpc) is 2.05. The Morgan fingerprint density at radius 3 is 3.08 bits per heavy atom. The number of aryl methyl sites for hydroxylation is 1. The van der Waals surface area contributed by atoms with Crippen LogP contribution in [0.25, 0.3) is 0 Å². The molecule has 0 aliphatic heterocycles. The Morgan fingerprint density at radius 1 is 1.58 bits per heavy atom. The molecule has 3 heteroatoms. The minimum atomic E-state index is 0.622. The molecule has 0 amide bonds. The summed E-state index contributed by atoms with van der Waals surface area (Å²) in [6.07, 6.45) is 6.21. The zero-order chi connectivity index (χ0) is 8.81. The molecule has 0 aliphatic rings. The molecule has 0 bridgehead atoms. The summed E-state index contributed by atoms with van der Waals surface area (Å²) in [7, 11) is 0. The molecule has 0 spiro atoms. The van der Waals surface area contributed by atoms with Crippen LogP contribution in [0.2, 0.25) is 0 Å². The SMILES string of the molecule is CSCCCc1ccnc(N)c1. The van der Waals surface area contributed by atoms with Crippen LogP contribution >= 0.6 is 11.8 Å². The lowest BCUT2D eigenvalue weighted by Gasteiger charge is -2.00. The second-order valence-electron chi connectivity index (χ2n) is 2.69. The van der Waals surface area contributed by atoms with E-state index in [9.17, 15) is 0 Å². The van der Waals surface area contributed by atoms with E-state index < -0.39 is 0 Å². The van der Waals surface area contributed by atoms with Crippen molar-refractivity contribution in [2.45, 2.75) is 12.8 Å². The quantitative estimate of drug-likeness (QED) is 0.723. The van der Waals surface area contributed by atoms with Gasteiger partial charge in [0.15, 0.2) is 0 Å². The molecule has 0 atom stereocenters. The fraction of sp³-hybridized carbons (Fsp3) is 0.444. The molecule has 1 aromatic rings. The van der Waals surface area contributed by atoms with Crippen molar-refractivity contribution in [3.05, 3.63) is 23.9 Å². The van der Waals surface area contributed by atoms with E-state index in [4.69, 9.17) is 5.73 Å². The summed E-state index contributed by atoms with van der Waals surface area (Å²) in [5, 5.41) is 0. The van der Waals surface area contributed by atoms with Gasteiger partial charge in [-0.15, -0.1) is 0 Å². The number of anilines is 1. The van der Waals surface area contributed by atoms with E-state index in [2.05, 4.69) is 11.2 Å². The van der Waals surface area contributed by atoms with Crippen LogP contribution in [0.5, 0.6) is 0 Å². The van der Waals surface area contributed by atoms with E-state index in [0.717, 1.165) is 6.42 Å². The Hall–Kier alpha value is -0.700. The molecule has 0 unspecified atom stereocenters. The van der Waals surface area contributed by atoms with Gasteiger partial charge < -0.3 is 5.73 Å². The summed E-state index contributed by atoms with van der Waals surface area (Å²) < 4.78 is 0. The highest BCUT2D eigenvalue weighted by Crippen LogP contribution is 2.07. The summed E-state index contributed by atoms with van der Waals surface area (Å²) in [6.45, 7) is 0. The number of nitrogens with two attached hydrogens (primary N) is 1. The van der Waals surface area contributed by atoms with Crippen molar-refractivity contribution in [3.63, 3.8) is 0 Å². The average molecular weight is 182 g/mol. The molecule has 12 heavy (non-hydrogen) atoms. The first-order valence-electron chi connectivity index (χ1n) is 4.02. The minimum Gasteiger partial charge on any atom is -0.384 e. The summed E-state index contributed by atoms with van der Waals surface area (Å²) >= 11 is 1.88. The minimum absolute atomic E-state index is 0.622. The van der Waals surface area contributed by atoms with E-state index in [1.807, 2.05) is 23.9 Å².